The first-order valence-electron chi connectivity index (χ1n) is 4.01. The Morgan fingerprint density at radius 2 is 1.10 bits per heavy atom. The van der Waals surface area contributed by atoms with E-state index >= 15 is 0 Å². The third-order valence-corrected chi connectivity index (χ3v) is 0.573. The van der Waals surface area contributed by atoms with Gasteiger partial charge >= 0.3 is 66.9 Å². The number of hydrogen-bond donors (Lipinski definition) is 0. The van der Waals surface area contributed by atoms with E-state index in [1.807, 2.05) is 33.1 Å². The zero-order chi connectivity index (χ0) is 18.1. The van der Waals surface area contributed by atoms with Crippen LogP contribution < -0.4 is 0 Å². The van der Waals surface area contributed by atoms with Crippen LogP contribution in [0.1, 0.15) is 13.8 Å². The second-order valence-electron chi connectivity index (χ2n) is 2.50. The standard InChI is InChI=1S/C7H11.3CO.F6P.Fe/c1-4-5-6-7(2)3;3*1-2;1-7(2,3,4,5)6;/h4-6H,2H2,1,3H3;;;;;/q;;;;-1;. The van der Waals surface area contributed by atoms with Crippen molar-refractivity contribution >= 4 is 7.81 Å². The van der Waals surface area contributed by atoms with Crippen LogP contribution in [-0.2, 0) is 31.0 Å². The van der Waals surface area contributed by atoms with Gasteiger partial charge in [-0.05, 0) is 32.1 Å². The molecular formula is C10H11F6FeO3P-. The molecule has 0 bridgehead atoms. The van der Waals surface area contributed by atoms with Crippen molar-refractivity contribution in [3.8, 4) is 0 Å². The summed E-state index contributed by atoms with van der Waals surface area (Å²) in [7, 11) is -10.7. The summed E-state index contributed by atoms with van der Waals surface area (Å²) in [6, 6.07) is 0. The predicted molar refractivity (Wildman–Crippen MR) is 58.2 cm³/mol. The molecule has 21 heavy (non-hydrogen) atoms. The third-order valence-electron chi connectivity index (χ3n) is 0.573. The fraction of sp³-hybridized carbons (Fsp3) is 0.200. The number of halogens is 6. The Kier molecular flexibility index (Phi) is 28.6. The topological polar surface area (TPSA) is 59.7 Å². The fourth-order valence-electron chi connectivity index (χ4n) is 0.260. The van der Waals surface area contributed by atoms with Gasteiger partial charge in [0.25, 0.3) is 0 Å². The summed E-state index contributed by atoms with van der Waals surface area (Å²) in [6.07, 6.45) is 5.93. The molecular weight excluding hydrogens is 369 g/mol. The molecule has 0 atom stereocenters. The van der Waals surface area contributed by atoms with E-state index in [1.165, 1.54) is 0 Å². The van der Waals surface area contributed by atoms with Crippen LogP contribution >= 0.6 is 7.81 Å². The Balaban J connectivity index is -0.0000000381. The van der Waals surface area contributed by atoms with Gasteiger partial charge in [-0.2, -0.15) is 0 Å². The molecule has 0 unspecified atom stereocenters. The first kappa shape index (κ1) is 37.2. The first-order valence-corrected chi connectivity index (χ1v) is 6.04. The fourth-order valence-corrected chi connectivity index (χ4v) is 0.260. The van der Waals surface area contributed by atoms with Crippen molar-refractivity contribution in [2.24, 2.45) is 0 Å². The van der Waals surface area contributed by atoms with E-state index in [4.69, 9.17) is 14.0 Å². The molecule has 3 nitrogen and oxygen atoms in total. The van der Waals surface area contributed by atoms with Crippen molar-refractivity contribution in [1.82, 2.24) is 0 Å². The summed E-state index contributed by atoms with van der Waals surface area (Å²) in [6.45, 7) is 21.1. The first-order chi connectivity index (χ1) is 8.72. The van der Waals surface area contributed by atoms with Gasteiger partial charge in [0, 0.05) is 17.1 Å². The number of hydrogen-bond acceptors (Lipinski definition) is 0. The van der Waals surface area contributed by atoms with Crippen molar-refractivity contribution in [3.05, 3.63) is 52.1 Å². The van der Waals surface area contributed by atoms with Gasteiger partial charge in [-0.25, -0.2) is 0 Å². The molecule has 0 N–H and O–H groups in total. The summed E-state index contributed by atoms with van der Waals surface area (Å²) in [5.74, 6) is 1.10. The van der Waals surface area contributed by atoms with Crippen LogP contribution in [-0.4, -0.2) is 0 Å². The van der Waals surface area contributed by atoms with Crippen LogP contribution in [0.2, 0.25) is 0 Å². The molecule has 0 aliphatic carbocycles. The largest absolute Gasteiger partial charge is 0.0620 e. The Labute approximate surface area is 130 Å². The van der Waals surface area contributed by atoms with E-state index in [1.54, 1.807) is 0 Å². The maximum absolute atomic E-state index is 10.7. The monoisotopic (exact) mass is 380 g/mol. The van der Waals surface area contributed by atoms with Gasteiger partial charge in [0.05, 0.1) is 0 Å². The molecule has 0 spiro atoms. The minimum Gasteiger partial charge on any atom is -0.0620 e. The summed E-state index contributed by atoms with van der Waals surface area (Å²) >= 11 is 0. The smallest absolute Gasteiger partial charge is 0 e. The second kappa shape index (κ2) is 16.1. The maximum Gasteiger partial charge on any atom is 0 e. The number of unbranched alkanes of at least 4 members (excludes halogenated alkanes) is 1. The van der Waals surface area contributed by atoms with Crippen LogP contribution in [0, 0.1) is 52.1 Å². The summed E-state index contributed by atoms with van der Waals surface area (Å²) in [5, 5.41) is 0. The molecule has 0 aromatic carbocycles. The zero-order valence-corrected chi connectivity index (χ0v) is 12.7. The molecule has 0 aromatic rings. The average Bonchev–Trinajstić information content (AvgIpc) is 2.30. The molecule has 0 saturated heterocycles. The van der Waals surface area contributed by atoms with Crippen molar-refractivity contribution in [2.75, 3.05) is 0 Å². The normalized spacial score (nSPS) is 11.4. The van der Waals surface area contributed by atoms with E-state index in [0.717, 1.165) is 5.92 Å². The Bertz CT molecular complexity index is 244. The van der Waals surface area contributed by atoms with E-state index in [9.17, 15) is 25.2 Å². The minimum atomic E-state index is -10.7. The zero-order valence-electron chi connectivity index (χ0n) is 10.7. The van der Waals surface area contributed by atoms with E-state index in [-0.39, 0.29) is 17.1 Å². The molecule has 0 aromatic heterocycles. The van der Waals surface area contributed by atoms with Gasteiger partial charge in [-0.3, -0.25) is 0 Å². The molecule has 5 radical (unpaired) electrons. The van der Waals surface area contributed by atoms with Gasteiger partial charge in [-0.1, -0.05) is 13.8 Å². The summed E-state index contributed by atoms with van der Waals surface area (Å²) in [5.41, 5.74) is 0. The van der Waals surface area contributed by atoms with Crippen LogP contribution in [0.4, 0.5) is 25.2 Å². The van der Waals surface area contributed by atoms with Crippen LogP contribution in [0.5, 0.6) is 0 Å². The van der Waals surface area contributed by atoms with Gasteiger partial charge in [-0.15, -0.1) is 0 Å². The molecule has 0 rings (SSSR count). The third kappa shape index (κ3) is 443. The molecule has 0 aliphatic rings. The molecule has 125 valence electrons. The SMILES string of the molecule is F[P-](F)(F)(F)(F)F.[C-]#[O+].[C-]#[O+].[C-]#[O+].[CH2][C](C)[CH][CH][CH]C.[Fe]. The minimum absolute atomic E-state index is 0. The molecule has 0 aliphatic heterocycles. The van der Waals surface area contributed by atoms with Crippen molar-refractivity contribution in [3.63, 3.8) is 0 Å². The van der Waals surface area contributed by atoms with Gasteiger partial charge in [0.2, 0.25) is 0 Å². The molecule has 0 amide bonds. The summed E-state index contributed by atoms with van der Waals surface area (Å²) < 4.78 is 81.7. The predicted octanol–water partition coefficient (Wildman–Crippen LogP) is 5.32. The van der Waals surface area contributed by atoms with Crippen molar-refractivity contribution in [2.45, 2.75) is 13.8 Å². The Hall–Kier alpha value is -0.251. The quantitative estimate of drug-likeness (QED) is 0.209. The van der Waals surface area contributed by atoms with Crippen LogP contribution in [0.25, 0.3) is 0 Å². The Morgan fingerprint density at radius 3 is 1.14 bits per heavy atom. The molecule has 0 heterocycles. The van der Waals surface area contributed by atoms with E-state index in [2.05, 4.69) is 26.9 Å². The van der Waals surface area contributed by atoms with Crippen LogP contribution in [0.15, 0.2) is 0 Å². The van der Waals surface area contributed by atoms with Crippen molar-refractivity contribution < 1.29 is 56.2 Å². The van der Waals surface area contributed by atoms with E-state index in [0.29, 0.717) is 0 Å². The number of rotatable bonds is 3. The van der Waals surface area contributed by atoms with Crippen LogP contribution in [0.3, 0.4) is 0 Å². The van der Waals surface area contributed by atoms with Crippen molar-refractivity contribution in [1.29, 1.82) is 0 Å². The van der Waals surface area contributed by atoms with E-state index < -0.39 is 7.81 Å². The van der Waals surface area contributed by atoms with Gasteiger partial charge in [0.1, 0.15) is 0 Å². The average molecular weight is 380 g/mol. The second-order valence-corrected chi connectivity index (χ2v) is 4.41. The van der Waals surface area contributed by atoms with Gasteiger partial charge in [0.15, 0.2) is 0 Å². The van der Waals surface area contributed by atoms with Gasteiger partial charge < -0.3 is 0 Å². The molecule has 0 saturated carbocycles. The molecule has 0 fully saturated rings. The molecule has 11 heteroatoms. The maximum atomic E-state index is 9.87. The summed E-state index contributed by atoms with van der Waals surface area (Å²) in [4.78, 5) is 0. The Morgan fingerprint density at radius 1 is 0.905 bits per heavy atom.